The summed E-state index contributed by atoms with van der Waals surface area (Å²) in [6.45, 7) is 6.95. The van der Waals surface area contributed by atoms with Crippen LogP contribution in [0.1, 0.15) is 49.3 Å². The van der Waals surface area contributed by atoms with Gasteiger partial charge in [-0.1, -0.05) is 38.3 Å². The highest BCUT2D eigenvalue weighted by atomic mass is 16.5. The molecule has 28 heavy (non-hydrogen) atoms. The first-order valence-electron chi connectivity index (χ1n) is 9.90. The molecular formula is C24H31NO3. The summed E-state index contributed by atoms with van der Waals surface area (Å²) < 4.78 is 11.3. The Bertz CT molecular complexity index is 811. The number of unbranched alkanes of at least 4 members (excludes halogenated alkanes) is 3. The number of hydrogen-bond acceptors (Lipinski definition) is 3. The van der Waals surface area contributed by atoms with Crippen LogP contribution in [0.25, 0.3) is 6.08 Å². The monoisotopic (exact) mass is 381 g/mol. The summed E-state index contributed by atoms with van der Waals surface area (Å²) in [6.07, 6.45) is 7.95. The van der Waals surface area contributed by atoms with Crippen LogP contribution in [0.4, 0.5) is 5.69 Å². The maximum absolute atomic E-state index is 12.2. The predicted molar refractivity (Wildman–Crippen MR) is 116 cm³/mol. The lowest BCUT2D eigenvalue weighted by Gasteiger charge is -2.11. The zero-order chi connectivity index (χ0) is 20.4. The van der Waals surface area contributed by atoms with Gasteiger partial charge in [-0.15, -0.1) is 0 Å². The second-order valence-electron chi connectivity index (χ2n) is 6.94. The minimum Gasteiger partial charge on any atom is -0.493 e. The van der Waals surface area contributed by atoms with Gasteiger partial charge in [0.05, 0.1) is 13.7 Å². The topological polar surface area (TPSA) is 47.6 Å². The number of anilines is 1. The van der Waals surface area contributed by atoms with Crippen molar-refractivity contribution in [3.05, 3.63) is 59.2 Å². The summed E-state index contributed by atoms with van der Waals surface area (Å²) in [5.41, 5.74) is 4.03. The summed E-state index contributed by atoms with van der Waals surface area (Å²) in [7, 11) is 1.62. The van der Waals surface area contributed by atoms with E-state index in [-0.39, 0.29) is 5.91 Å². The van der Waals surface area contributed by atoms with Crippen LogP contribution >= 0.6 is 0 Å². The molecule has 0 aliphatic rings. The molecule has 0 aliphatic heterocycles. The van der Waals surface area contributed by atoms with Gasteiger partial charge >= 0.3 is 0 Å². The van der Waals surface area contributed by atoms with E-state index < -0.39 is 0 Å². The first-order chi connectivity index (χ1) is 13.5. The molecule has 0 bridgehead atoms. The highest BCUT2D eigenvalue weighted by Crippen LogP contribution is 2.29. The van der Waals surface area contributed by atoms with Gasteiger partial charge in [-0.05, 0) is 67.3 Å². The van der Waals surface area contributed by atoms with Crippen molar-refractivity contribution in [1.29, 1.82) is 0 Å². The van der Waals surface area contributed by atoms with Crippen LogP contribution in [0.2, 0.25) is 0 Å². The third-order valence-corrected chi connectivity index (χ3v) is 4.64. The summed E-state index contributed by atoms with van der Waals surface area (Å²) in [6, 6.07) is 11.6. The van der Waals surface area contributed by atoms with E-state index in [0.717, 1.165) is 29.0 Å². The van der Waals surface area contributed by atoms with E-state index in [1.165, 1.54) is 30.9 Å². The predicted octanol–water partition coefficient (Wildman–Crippen LogP) is 5.92. The maximum atomic E-state index is 12.2. The average molecular weight is 382 g/mol. The van der Waals surface area contributed by atoms with E-state index in [2.05, 4.69) is 12.2 Å². The third-order valence-electron chi connectivity index (χ3n) is 4.64. The number of carbonyl (C=O) groups is 1. The summed E-state index contributed by atoms with van der Waals surface area (Å²) >= 11 is 0. The molecule has 0 radical (unpaired) electrons. The molecule has 4 nitrogen and oxygen atoms in total. The minimum absolute atomic E-state index is 0.168. The van der Waals surface area contributed by atoms with Crippen LogP contribution in [0.5, 0.6) is 11.5 Å². The maximum Gasteiger partial charge on any atom is 0.248 e. The number of nitrogens with one attached hydrogen (secondary N) is 1. The Labute approximate surface area is 168 Å². The Hall–Kier alpha value is -2.75. The van der Waals surface area contributed by atoms with Gasteiger partial charge in [0.1, 0.15) is 0 Å². The van der Waals surface area contributed by atoms with Crippen LogP contribution in [-0.2, 0) is 4.79 Å². The van der Waals surface area contributed by atoms with Crippen LogP contribution in [0, 0.1) is 13.8 Å². The molecule has 2 aromatic carbocycles. The second-order valence-corrected chi connectivity index (χ2v) is 6.94. The van der Waals surface area contributed by atoms with Gasteiger partial charge in [-0.2, -0.15) is 0 Å². The van der Waals surface area contributed by atoms with Gasteiger partial charge in [0.25, 0.3) is 0 Å². The molecule has 0 saturated carbocycles. The van der Waals surface area contributed by atoms with Gasteiger partial charge in [-0.3, -0.25) is 4.79 Å². The van der Waals surface area contributed by atoms with Crippen LogP contribution in [0.15, 0.2) is 42.5 Å². The van der Waals surface area contributed by atoms with Gasteiger partial charge in [-0.25, -0.2) is 0 Å². The van der Waals surface area contributed by atoms with E-state index in [0.29, 0.717) is 12.4 Å². The molecule has 4 heteroatoms. The molecule has 1 N–H and O–H groups in total. The first kappa shape index (κ1) is 21.5. The molecule has 0 saturated heterocycles. The first-order valence-corrected chi connectivity index (χ1v) is 9.90. The fourth-order valence-corrected chi connectivity index (χ4v) is 2.79. The van der Waals surface area contributed by atoms with Gasteiger partial charge in [0.2, 0.25) is 5.91 Å². The molecule has 0 unspecified atom stereocenters. The highest BCUT2D eigenvalue weighted by molar-refractivity contribution is 6.02. The van der Waals surface area contributed by atoms with Crippen LogP contribution in [-0.4, -0.2) is 19.6 Å². The minimum atomic E-state index is -0.168. The zero-order valence-electron chi connectivity index (χ0n) is 17.4. The number of amides is 1. The molecule has 0 spiro atoms. The average Bonchev–Trinajstić information content (AvgIpc) is 2.69. The van der Waals surface area contributed by atoms with Gasteiger partial charge < -0.3 is 14.8 Å². The smallest absolute Gasteiger partial charge is 0.248 e. The Morgan fingerprint density at radius 1 is 1.00 bits per heavy atom. The standard InChI is InChI=1S/C24H31NO3/c1-5-6-7-8-15-28-22-13-10-20(17-23(22)27-4)11-14-24(26)25-21-12-9-18(2)19(3)16-21/h9-14,16-17H,5-8,15H2,1-4H3,(H,25,26). The van der Waals surface area contributed by atoms with E-state index in [1.54, 1.807) is 13.2 Å². The molecular weight excluding hydrogens is 350 g/mol. The number of ether oxygens (including phenoxy) is 2. The van der Waals surface area contributed by atoms with Crippen molar-refractivity contribution in [3.8, 4) is 11.5 Å². The van der Waals surface area contributed by atoms with Gasteiger partial charge in [0.15, 0.2) is 11.5 Å². The number of rotatable bonds is 10. The van der Waals surface area contributed by atoms with Crippen molar-refractivity contribution in [3.63, 3.8) is 0 Å². The van der Waals surface area contributed by atoms with Crippen LogP contribution in [0.3, 0.4) is 0 Å². The Morgan fingerprint density at radius 3 is 2.54 bits per heavy atom. The number of hydrogen-bond donors (Lipinski definition) is 1. The Kier molecular flexibility index (Phi) is 8.60. The summed E-state index contributed by atoms with van der Waals surface area (Å²) in [5, 5.41) is 2.88. The molecule has 2 rings (SSSR count). The molecule has 0 heterocycles. The fourth-order valence-electron chi connectivity index (χ4n) is 2.79. The fraction of sp³-hybridized carbons (Fsp3) is 0.375. The van der Waals surface area contributed by atoms with Crippen molar-refractivity contribution in [2.45, 2.75) is 46.5 Å². The van der Waals surface area contributed by atoms with Crippen molar-refractivity contribution in [1.82, 2.24) is 0 Å². The van der Waals surface area contributed by atoms with E-state index >= 15 is 0 Å². The van der Waals surface area contributed by atoms with E-state index in [1.807, 2.05) is 50.2 Å². The van der Waals surface area contributed by atoms with Gasteiger partial charge in [0, 0.05) is 11.8 Å². The van der Waals surface area contributed by atoms with Crippen molar-refractivity contribution in [2.75, 3.05) is 19.0 Å². The molecule has 1 amide bonds. The molecule has 0 aromatic heterocycles. The summed E-state index contributed by atoms with van der Waals surface area (Å²) in [5.74, 6) is 1.24. The lowest BCUT2D eigenvalue weighted by Crippen LogP contribution is -2.07. The Balaban J connectivity index is 1.94. The normalized spacial score (nSPS) is 10.9. The van der Waals surface area contributed by atoms with E-state index in [4.69, 9.17) is 9.47 Å². The number of carbonyl (C=O) groups excluding carboxylic acids is 1. The Morgan fingerprint density at radius 2 is 1.82 bits per heavy atom. The molecule has 150 valence electrons. The lowest BCUT2D eigenvalue weighted by molar-refractivity contribution is -0.111. The second kappa shape index (κ2) is 11.2. The molecule has 2 aromatic rings. The van der Waals surface area contributed by atoms with E-state index in [9.17, 15) is 4.79 Å². The largest absolute Gasteiger partial charge is 0.493 e. The van der Waals surface area contributed by atoms with Crippen molar-refractivity contribution in [2.24, 2.45) is 0 Å². The molecule has 0 aliphatic carbocycles. The number of methoxy groups -OCH3 is 1. The zero-order valence-corrected chi connectivity index (χ0v) is 17.4. The molecule has 0 fully saturated rings. The number of benzene rings is 2. The quantitative estimate of drug-likeness (QED) is 0.410. The van der Waals surface area contributed by atoms with Crippen LogP contribution < -0.4 is 14.8 Å². The summed E-state index contributed by atoms with van der Waals surface area (Å²) in [4.78, 5) is 12.2. The van der Waals surface area contributed by atoms with Crippen molar-refractivity contribution >= 4 is 17.7 Å². The number of aryl methyl sites for hydroxylation is 2. The SMILES string of the molecule is CCCCCCOc1ccc(C=CC(=O)Nc2ccc(C)c(C)c2)cc1OC. The molecule has 0 atom stereocenters. The van der Waals surface area contributed by atoms with Crippen molar-refractivity contribution < 1.29 is 14.3 Å². The lowest BCUT2D eigenvalue weighted by atomic mass is 10.1. The third kappa shape index (κ3) is 6.76. The highest BCUT2D eigenvalue weighted by Gasteiger charge is 2.05.